The molecule has 0 saturated carbocycles. The number of allylic oxidation sites excluding steroid dienone is 4. The molecule has 1 aliphatic heterocycles. The minimum Gasteiger partial charge on any atom is -0.489 e. The van der Waals surface area contributed by atoms with Crippen LogP contribution in [0.5, 0.6) is 5.75 Å². The van der Waals surface area contributed by atoms with Crippen molar-refractivity contribution in [2.45, 2.75) is 52.6 Å². The van der Waals surface area contributed by atoms with Crippen molar-refractivity contribution in [3.05, 3.63) is 88.5 Å². The Morgan fingerprint density at radius 1 is 1.19 bits per heavy atom. The fourth-order valence-corrected chi connectivity index (χ4v) is 5.04. The van der Waals surface area contributed by atoms with Crippen molar-refractivity contribution >= 4 is 11.3 Å². The summed E-state index contributed by atoms with van der Waals surface area (Å²) in [4.78, 5) is 2.29. The molecule has 2 N–H and O–H groups in total. The number of halogens is 1. The summed E-state index contributed by atoms with van der Waals surface area (Å²) in [5.74, 6) is 0.873. The Morgan fingerprint density at radius 3 is 2.62 bits per heavy atom. The van der Waals surface area contributed by atoms with E-state index in [9.17, 15) is 4.39 Å². The lowest BCUT2D eigenvalue weighted by Gasteiger charge is -2.20. The highest BCUT2D eigenvalue weighted by Crippen LogP contribution is 2.36. The first kappa shape index (κ1) is 28.7. The highest BCUT2D eigenvalue weighted by atomic mass is 19.1. The van der Waals surface area contributed by atoms with E-state index in [1.54, 1.807) is 7.11 Å². The monoisotopic (exact) mass is 506 g/mol. The van der Waals surface area contributed by atoms with Crippen LogP contribution in [-0.2, 0) is 4.74 Å². The second kappa shape index (κ2) is 14.7. The van der Waals surface area contributed by atoms with Gasteiger partial charge in [0.05, 0.1) is 13.3 Å². The van der Waals surface area contributed by atoms with Gasteiger partial charge < -0.3 is 15.2 Å². The van der Waals surface area contributed by atoms with Crippen molar-refractivity contribution in [3.8, 4) is 5.75 Å². The molecule has 3 rings (SSSR count). The number of alkyl halides is 1. The van der Waals surface area contributed by atoms with Crippen LogP contribution in [0.2, 0.25) is 0 Å². The minimum absolute atomic E-state index is 0.149. The first-order chi connectivity index (χ1) is 18.0. The summed E-state index contributed by atoms with van der Waals surface area (Å²) in [7, 11) is 1.71. The molecule has 2 aromatic rings. The van der Waals surface area contributed by atoms with Gasteiger partial charge in [0.2, 0.25) is 0 Å². The zero-order valence-corrected chi connectivity index (χ0v) is 22.9. The molecule has 0 aliphatic carbocycles. The average Bonchev–Trinajstić information content (AvgIpc) is 3.34. The van der Waals surface area contributed by atoms with Gasteiger partial charge in [-0.05, 0) is 90.8 Å². The van der Waals surface area contributed by atoms with E-state index >= 15 is 0 Å². The number of nitrogens with two attached hydrogens (primary N) is 1. The number of nitrogen functional groups attached to an aromatic ring is 1. The molecule has 200 valence electrons. The van der Waals surface area contributed by atoms with Crippen LogP contribution in [0.15, 0.2) is 71.8 Å². The standard InChI is InChI=1S/C32H43FN2O2/c1-5-9-31(25(6-2)10-7-21-36-4)32(30-16-13-27(34)22-24(30)3)26-11-14-28(15-12-26)37-29-17-20-35(23-29)19-8-18-33/h6-7,10-16,22,29H,5,8-9,17-21,23,34H2,1-4H3/b10-7-,25-6+,32-31+. The molecular weight excluding hydrogens is 463 g/mol. The van der Waals surface area contributed by atoms with E-state index < -0.39 is 0 Å². The molecule has 1 unspecified atom stereocenters. The van der Waals surface area contributed by atoms with Crippen molar-refractivity contribution in [1.29, 1.82) is 0 Å². The predicted octanol–water partition coefficient (Wildman–Crippen LogP) is 7.14. The van der Waals surface area contributed by atoms with Crippen LogP contribution in [0, 0.1) is 6.92 Å². The SMILES string of the molecule is C/C=C(\C=C/COC)C(/CCC)=C(\c1ccc(OC2CCN(CCCF)C2)cc1)c1ccc(N)cc1C. The van der Waals surface area contributed by atoms with Gasteiger partial charge in [0, 0.05) is 32.4 Å². The van der Waals surface area contributed by atoms with Gasteiger partial charge in [-0.1, -0.05) is 49.8 Å². The van der Waals surface area contributed by atoms with Crippen LogP contribution in [0.1, 0.15) is 56.2 Å². The van der Waals surface area contributed by atoms with Gasteiger partial charge in [-0.25, -0.2) is 0 Å². The Balaban J connectivity index is 1.97. The summed E-state index contributed by atoms with van der Waals surface area (Å²) in [5, 5.41) is 0. The lowest BCUT2D eigenvalue weighted by atomic mass is 9.85. The van der Waals surface area contributed by atoms with E-state index in [-0.39, 0.29) is 12.8 Å². The number of methoxy groups -OCH3 is 1. The topological polar surface area (TPSA) is 47.7 Å². The molecule has 2 aromatic carbocycles. The van der Waals surface area contributed by atoms with Crippen LogP contribution in [0.4, 0.5) is 10.1 Å². The minimum atomic E-state index is -0.260. The van der Waals surface area contributed by atoms with Gasteiger partial charge in [-0.3, -0.25) is 9.29 Å². The summed E-state index contributed by atoms with van der Waals surface area (Å²) in [6.07, 6.45) is 10.1. The molecule has 0 bridgehead atoms. The number of aryl methyl sites for hydroxylation is 1. The summed E-state index contributed by atoms with van der Waals surface area (Å²) in [6, 6.07) is 14.6. The second-order valence-electron chi connectivity index (χ2n) is 9.68. The van der Waals surface area contributed by atoms with Gasteiger partial charge in [-0.2, -0.15) is 0 Å². The quantitative estimate of drug-likeness (QED) is 0.232. The van der Waals surface area contributed by atoms with Crippen LogP contribution < -0.4 is 10.5 Å². The Morgan fingerprint density at radius 2 is 1.97 bits per heavy atom. The highest BCUT2D eigenvalue weighted by molar-refractivity contribution is 5.87. The lowest BCUT2D eigenvalue weighted by Crippen LogP contribution is -2.26. The summed E-state index contributed by atoms with van der Waals surface area (Å²) >= 11 is 0. The Hall–Kier alpha value is -2.89. The van der Waals surface area contributed by atoms with Gasteiger partial charge in [0.25, 0.3) is 0 Å². The highest BCUT2D eigenvalue weighted by Gasteiger charge is 2.23. The number of rotatable bonds is 13. The third kappa shape index (κ3) is 8.05. The number of hydrogen-bond acceptors (Lipinski definition) is 4. The average molecular weight is 507 g/mol. The normalized spacial score (nSPS) is 17.4. The predicted molar refractivity (Wildman–Crippen MR) is 154 cm³/mol. The molecule has 1 atom stereocenters. The molecule has 1 aliphatic rings. The zero-order valence-electron chi connectivity index (χ0n) is 22.9. The van der Waals surface area contributed by atoms with Crippen molar-refractivity contribution < 1.29 is 13.9 Å². The van der Waals surface area contributed by atoms with Crippen molar-refractivity contribution in [2.24, 2.45) is 0 Å². The van der Waals surface area contributed by atoms with Crippen LogP contribution in [0.3, 0.4) is 0 Å². The van der Waals surface area contributed by atoms with E-state index in [4.69, 9.17) is 15.2 Å². The number of ether oxygens (including phenoxy) is 2. The van der Waals surface area contributed by atoms with Crippen LogP contribution >= 0.6 is 0 Å². The maximum atomic E-state index is 12.5. The summed E-state index contributed by atoms with van der Waals surface area (Å²) in [6.45, 7) is 9.37. The number of anilines is 1. The van der Waals surface area contributed by atoms with E-state index in [0.29, 0.717) is 13.0 Å². The molecule has 0 radical (unpaired) electrons. The molecule has 5 heteroatoms. The van der Waals surface area contributed by atoms with Gasteiger partial charge in [0.1, 0.15) is 11.9 Å². The molecule has 1 saturated heterocycles. The maximum Gasteiger partial charge on any atom is 0.119 e. The molecule has 1 fully saturated rings. The van der Waals surface area contributed by atoms with Crippen molar-refractivity contribution in [2.75, 3.05) is 45.8 Å². The van der Waals surface area contributed by atoms with E-state index in [1.807, 2.05) is 12.1 Å². The van der Waals surface area contributed by atoms with Gasteiger partial charge in [-0.15, -0.1) is 0 Å². The fourth-order valence-electron chi connectivity index (χ4n) is 5.04. The molecule has 0 spiro atoms. The number of hydrogen-bond donors (Lipinski definition) is 1. The van der Waals surface area contributed by atoms with Gasteiger partial charge in [0.15, 0.2) is 0 Å². The van der Waals surface area contributed by atoms with E-state index in [0.717, 1.165) is 61.5 Å². The third-order valence-corrected chi connectivity index (χ3v) is 6.82. The number of likely N-dealkylation sites (tertiary alicyclic amines) is 1. The smallest absolute Gasteiger partial charge is 0.119 e. The molecular formula is C32H43FN2O2. The van der Waals surface area contributed by atoms with Crippen LogP contribution in [-0.4, -0.2) is 51.0 Å². The van der Waals surface area contributed by atoms with Gasteiger partial charge >= 0.3 is 0 Å². The number of nitrogens with zero attached hydrogens (tertiary/aromatic N) is 1. The molecule has 4 nitrogen and oxygen atoms in total. The Kier molecular flexibility index (Phi) is 11.4. The molecule has 0 aromatic heterocycles. The molecule has 0 amide bonds. The number of benzene rings is 2. The van der Waals surface area contributed by atoms with Crippen molar-refractivity contribution in [1.82, 2.24) is 4.90 Å². The zero-order chi connectivity index (χ0) is 26.6. The lowest BCUT2D eigenvalue weighted by molar-refractivity contribution is 0.198. The summed E-state index contributed by atoms with van der Waals surface area (Å²) in [5.41, 5.74) is 14.1. The second-order valence-corrected chi connectivity index (χ2v) is 9.68. The maximum absolute atomic E-state index is 12.5. The summed E-state index contributed by atoms with van der Waals surface area (Å²) < 4.78 is 24.1. The van der Waals surface area contributed by atoms with Crippen molar-refractivity contribution in [3.63, 3.8) is 0 Å². The fraction of sp³-hybridized carbons (Fsp3) is 0.438. The Labute approximate surface area is 222 Å². The largest absolute Gasteiger partial charge is 0.489 e. The van der Waals surface area contributed by atoms with E-state index in [2.05, 4.69) is 74.2 Å². The third-order valence-electron chi connectivity index (χ3n) is 6.82. The first-order valence-corrected chi connectivity index (χ1v) is 13.5. The Bertz CT molecular complexity index is 1090. The van der Waals surface area contributed by atoms with Crippen LogP contribution in [0.25, 0.3) is 5.57 Å². The first-order valence-electron chi connectivity index (χ1n) is 13.5. The molecule has 1 heterocycles. The molecule has 37 heavy (non-hydrogen) atoms. The van der Waals surface area contributed by atoms with E-state index in [1.165, 1.54) is 22.3 Å².